The molecule has 4 rings (SSSR count). The van der Waals surface area contributed by atoms with Crippen molar-refractivity contribution in [1.82, 2.24) is 4.98 Å². The largest absolute Gasteiger partial charge is 0.241 e. The number of rotatable bonds is 3. The van der Waals surface area contributed by atoms with E-state index in [9.17, 15) is 0 Å². The van der Waals surface area contributed by atoms with Gasteiger partial charge < -0.3 is 0 Å². The number of benzene rings is 3. The predicted molar refractivity (Wildman–Crippen MR) is 146 cm³/mol. The van der Waals surface area contributed by atoms with Crippen LogP contribution < -0.4 is 0 Å². The second-order valence-electron chi connectivity index (χ2n) is 7.05. The third-order valence-corrected chi connectivity index (χ3v) is 7.99. The molecular weight excluding hydrogens is 647 g/mol. The molecular formula is C23H6Cl9F2N. The SMILES string of the molecule is Fc1c(-c2cc(Cl)c(Cl)cc2Cl)nc(-c2cc(Cl)c(Cl)cc2Cl)c(F)c1-c1cc(Cl)c(Cl)cc1Cl. The van der Waals surface area contributed by atoms with Crippen molar-refractivity contribution >= 4 is 104 Å². The van der Waals surface area contributed by atoms with E-state index in [1.807, 2.05) is 0 Å². The normalized spacial score (nSPS) is 11.3. The molecule has 0 aliphatic rings. The number of aromatic nitrogens is 1. The molecule has 0 atom stereocenters. The summed E-state index contributed by atoms with van der Waals surface area (Å²) in [5.74, 6) is -2.19. The molecule has 0 aliphatic heterocycles. The van der Waals surface area contributed by atoms with Crippen LogP contribution in [0.1, 0.15) is 0 Å². The fourth-order valence-corrected chi connectivity index (χ4v) is 5.17. The Morgan fingerprint density at radius 3 is 1.06 bits per heavy atom. The summed E-state index contributed by atoms with van der Waals surface area (Å²) in [6, 6.07) is 7.71. The fraction of sp³-hybridized carbons (Fsp3) is 0. The first-order valence-electron chi connectivity index (χ1n) is 9.24. The summed E-state index contributed by atoms with van der Waals surface area (Å²) < 4.78 is 32.0. The van der Waals surface area contributed by atoms with Gasteiger partial charge in [-0.25, -0.2) is 13.8 Å². The molecule has 3 aromatic carbocycles. The molecule has 35 heavy (non-hydrogen) atoms. The number of halogens is 11. The molecule has 0 spiro atoms. The van der Waals surface area contributed by atoms with Crippen LogP contribution in [0.2, 0.25) is 45.2 Å². The minimum atomic E-state index is -1.09. The van der Waals surface area contributed by atoms with E-state index in [1.54, 1.807) is 0 Å². The average Bonchev–Trinajstić information content (AvgIpc) is 2.78. The Morgan fingerprint density at radius 1 is 0.400 bits per heavy atom. The Kier molecular flexibility index (Phi) is 8.25. The lowest BCUT2D eigenvalue weighted by Crippen LogP contribution is -2.03. The molecule has 0 fully saturated rings. The van der Waals surface area contributed by atoms with Crippen LogP contribution in [0.15, 0.2) is 36.4 Å². The van der Waals surface area contributed by atoms with Gasteiger partial charge in [-0.15, -0.1) is 0 Å². The molecule has 0 aliphatic carbocycles. The summed E-state index contributed by atoms with van der Waals surface area (Å²) >= 11 is 55.4. The van der Waals surface area contributed by atoms with E-state index in [2.05, 4.69) is 4.98 Å². The molecule has 0 unspecified atom stereocenters. The molecule has 0 saturated heterocycles. The van der Waals surface area contributed by atoms with Crippen molar-refractivity contribution in [3.63, 3.8) is 0 Å². The molecule has 0 radical (unpaired) electrons. The molecule has 0 bridgehead atoms. The maximum Gasteiger partial charge on any atom is 0.160 e. The zero-order valence-electron chi connectivity index (χ0n) is 16.6. The molecule has 12 heteroatoms. The zero-order chi connectivity index (χ0) is 25.8. The maximum atomic E-state index is 16.0. The van der Waals surface area contributed by atoms with Gasteiger partial charge >= 0.3 is 0 Å². The van der Waals surface area contributed by atoms with Gasteiger partial charge in [-0.05, 0) is 36.4 Å². The van der Waals surface area contributed by atoms with Crippen molar-refractivity contribution in [2.45, 2.75) is 0 Å². The molecule has 1 nitrogen and oxygen atoms in total. The van der Waals surface area contributed by atoms with Gasteiger partial charge in [0.1, 0.15) is 11.4 Å². The Balaban J connectivity index is 2.17. The highest BCUT2D eigenvalue weighted by molar-refractivity contribution is 6.45. The first-order valence-corrected chi connectivity index (χ1v) is 12.6. The average molecular weight is 653 g/mol. The van der Waals surface area contributed by atoms with Gasteiger partial charge in [0.2, 0.25) is 0 Å². The fourth-order valence-electron chi connectivity index (χ4n) is 3.26. The molecule has 4 aromatic rings. The predicted octanol–water partition coefficient (Wildman–Crippen LogP) is 12.2. The van der Waals surface area contributed by atoms with Gasteiger partial charge in [0.15, 0.2) is 11.6 Å². The summed E-state index contributed by atoms with van der Waals surface area (Å²) in [6.07, 6.45) is 0. The van der Waals surface area contributed by atoms with Crippen LogP contribution in [-0.2, 0) is 0 Å². The van der Waals surface area contributed by atoms with Crippen molar-refractivity contribution in [3.8, 4) is 33.6 Å². The minimum absolute atomic E-state index is 0.00905. The van der Waals surface area contributed by atoms with E-state index < -0.39 is 17.2 Å². The maximum absolute atomic E-state index is 16.0. The molecule has 0 saturated carbocycles. The summed E-state index contributed by atoms with van der Waals surface area (Å²) in [7, 11) is 0. The van der Waals surface area contributed by atoms with E-state index in [4.69, 9.17) is 104 Å². The number of nitrogens with zero attached hydrogens (tertiary/aromatic N) is 1. The van der Waals surface area contributed by atoms with Gasteiger partial charge in [0.05, 0.1) is 50.8 Å². The topological polar surface area (TPSA) is 12.9 Å². The van der Waals surface area contributed by atoms with Gasteiger partial charge in [-0.3, -0.25) is 0 Å². The minimum Gasteiger partial charge on any atom is -0.241 e. The van der Waals surface area contributed by atoms with Gasteiger partial charge in [0.25, 0.3) is 0 Å². The first-order chi connectivity index (χ1) is 16.4. The second-order valence-corrected chi connectivity index (χ2v) is 10.7. The standard InChI is InChI=1S/C23H6Cl9F2N/c24-10-4-16(30)13(27)1-7(10)19-20(33)22(8-2-14(28)17(31)5-11(8)25)35-23(21(19)34)9-3-15(29)18(32)6-12(9)26/h1-6H. The quantitative estimate of drug-likeness (QED) is 0.201. The van der Waals surface area contributed by atoms with E-state index in [0.717, 1.165) is 0 Å². The lowest BCUT2D eigenvalue weighted by molar-refractivity contribution is 0.585. The summed E-state index contributed by atoms with van der Waals surface area (Å²) in [5.41, 5.74) is -1.29. The van der Waals surface area contributed by atoms with E-state index >= 15 is 8.78 Å². The highest BCUT2D eigenvalue weighted by Gasteiger charge is 2.28. The van der Waals surface area contributed by atoms with Crippen LogP contribution in [0.5, 0.6) is 0 Å². The lowest BCUT2D eigenvalue weighted by Gasteiger charge is -2.17. The van der Waals surface area contributed by atoms with Crippen LogP contribution >= 0.6 is 104 Å². The van der Waals surface area contributed by atoms with Crippen molar-refractivity contribution < 1.29 is 8.78 Å². The van der Waals surface area contributed by atoms with Crippen LogP contribution in [-0.4, -0.2) is 4.98 Å². The highest BCUT2D eigenvalue weighted by Crippen LogP contribution is 2.45. The summed E-state index contributed by atoms with van der Waals surface area (Å²) in [6.45, 7) is 0. The van der Waals surface area contributed by atoms with Crippen molar-refractivity contribution in [1.29, 1.82) is 0 Å². The monoisotopic (exact) mass is 649 g/mol. The zero-order valence-corrected chi connectivity index (χ0v) is 23.4. The molecule has 0 N–H and O–H groups in total. The number of hydrogen-bond donors (Lipinski definition) is 0. The molecule has 0 amide bonds. The Bertz CT molecular complexity index is 1440. The molecule has 1 heterocycles. The Morgan fingerprint density at radius 2 is 0.686 bits per heavy atom. The molecule has 1 aromatic heterocycles. The second kappa shape index (κ2) is 10.6. The third-order valence-electron chi connectivity index (χ3n) is 4.89. The van der Waals surface area contributed by atoms with Crippen molar-refractivity contribution in [2.24, 2.45) is 0 Å². The number of hydrogen-bond acceptors (Lipinski definition) is 1. The van der Waals surface area contributed by atoms with Gasteiger partial charge in [-0.1, -0.05) is 104 Å². The van der Waals surface area contributed by atoms with Crippen molar-refractivity contribution in [2.75, 3.05) is 0 Å². The van der Waals surface area contributed by atoms with Crippen LogP contribution in [0.3, 0.4) is 0 Å². The number of pyridine rings is 1. The third kappa shape index (κ3) is 5.18. The summed E-state index contributed by atoms with van der Waals surface area (Å²) in [4.78, 5) is 4.21. The Labute approximate surface area is 243 Å². The van der Waals surface area contributed by atoms with E-state index in [1.165, 1.54) is 36.4 Å². The summed E-state index contributed by atoms with van der Waals surface area (Å²) in [5, 5.41) is 0.456. The van der Waals surface area contributed by atoms with Gasteiger partial charge in [-0.2, -0.15) is 0 Å². The molecule has 180 valence electrons. The van der Waals surface area contributed by atoms with Crippen LogP contribution in [0.25, 0.3) is 33.6 Å². The van der Waals surface area contributed by atoms with Crippen LogP contribution in [0, 0.1) is 11.6 Å². The lowest BCUT2D eigenvalue weighted by atomic mass is 9.98. The van der Waals surface area contributed by atoms with Gasteiger partial charge in [0, 0.05) is 16.7 Å². The first kappa shape index (κ1) is 27.3. The van der Waals surface area contributed by atoms with Crippen molar-refractivity contribution in [3.05, 3.63) is 93.2 Å². The smallest absolute Gasteiger partial charge is 0.160 e. The van der Waals surface area contributed by atoms with E-state index in [-0.39, 0.29) is 73.3 Å². The Hall–Kier alpha value is -0.720. The van der Waals surface area contributed by atoms with Crippen LogP contribution in [0.4, 0.5) is 8.78 Å². The van der Waals surface area contributed by atoms with E-state index in [0.29, 0.717) is 0 Å². The highest BCUT2D eigenvalue weighted by atomic mass is 35.5.